The van der Waals surface area contributed by atoms with E-state index in [1.807, 2.05) is 32.8 Å². The van der Waals surface area contributed by atoms with Crippen LogP contribution in [0.15, 0.2) is 24.3 Å². The van der Waals surface area contributed by atoms with Gasteiger partial charge in [0.1, 0.15) is 54.1 Å². The second kappa shape index (κ2) is 33.2. The molecule has 0 aromatic heterocycles. The van der Waals surface area contributed by atoms with E-state index in [0.717, 1.165) is 9.80 Å². The molecular weight excluding hydrogens is 1090 g/mol. The first kappa shape index (κ1) is 72.4. The van der Waals surface area contributed by atoms with Gasteiger partial charge in [0.05, 0.1) is 20.1 Å². The summed E-state index contributed by atoms with van der Waals surface area (Å²) >= 11 is 0. The Balaban J connectivity index is 2.30. The number of likely N-dealkylation sites (N-methyl/N-ethyl adjacent to an activating group) is 6. The predicted octanol–water partition coefficient (Wildman–Crippen LogP) is 1.91. The van der Waals surface area contributed by atoms with Crippen LogP contribution >= 0.6 is 0 Å². The highest BCUT2D eigenvalue weighted by Gasteiger charge is 2.46. The topological polar surface area (TPSA) is 277 Å². The van der Waals surface area contributed by atoms with Crippen LogP contribution in [0.4, 0.5) is 0 Å². The first-order valence-electron chi connectivity index (χ1n) is 30.0. The zero-order chi connectivity index (χ0) is 64.5. The van der Waals surface area contributed by atoms with Gasteiger partial charge >= 0.3 is 5.97 Å². The molecule has 10 amide bonds. The fourth-order valence-corrected chi connectivity index (χ4v) is 11.2. The monoisotopic (exact) mass is 1200 g/mol. The van der Waals surface area contributed by atoms with E-state index in [1.54, 1.807) is 79.7 Å². The summed E-state index contributed by atoms with van der Waals surface area (Å²) in [5, 5.41) is 11.1. The van der Waals surface area contributed by atoms with Crippen molar-refractivity contribution in [3.8, 4) is 5.75 Å². The molecule has 3 rings (SSSR count). The Morgan fingerprint density at radius 1 is 0.659 bits per heavy atom. The lowest BCUT2D eigenvalue weighted by Gasteiger charge is -2.41. The quantitative estimate of drug-likeness (QED) is 0.183. The molecule has 24 nitrogen and oxygen atoms in total. The summed E-state index contributed by atoms with van der Waals surface area (Å²) in [6.45, 7) is 19.0. The standard InChI is InChI=1S/C61H101N11O13/c1-20-38(9)51-53(75)63-34-47(74)68(15)49(36(5)6)54(76)64-43(32-41-25-27-42(84-19)28-26-41)61(83)85-40(11)56(78)72-30-23-22-24-44(72)57(79)69(16)50(37(7)8)55(77)65-48(35(3)4)59(81)67(14)45(33-46(73)62-29-31-66(12)13)58(80)71(18)52(39(10)21-2)60(82)70(51)17/h25-28,35-40,43-45,48-52H,20-24,29-34H2,1-19H3,(H,62,73)(H,63,75)(H,64,76)(H,65,77)/t38-,39-,40+,43-,44-,45-,48-,49-,50-,51-,52-/m0/s1. The molecule has 85 heavy (non-hydrogen) atoms. The summed E-state index contributed by atoms with van der Waals surface area (Å²) in [6, 6.07) is -3.40. The maximum absolute atomic E-state index is 15.2. The van der Waals surface area contributed by atoms with Crippen LogP contribution in [0.2, 0.25) is 0 Å². The van der Waals surface area contributed by atoms with Crippen molar-refractivity contribution in [3.63, 3.8) is 0 Å². The minimum absolute atomic E-state index is 0.109. The number of amides is 10. The number of piperidine rings is 1. The Morgan fingerprint density at radius 3 is 1.74 bits per heavy atom. The van der Waals surface area contributed by atoms with E-state index in [-0.39, 0.29) is 25.9 Å². The van der Waals surface area contributed by atoms with Crippen molar-refractivity contribution < 1.29 is 62.2 Å². The first-order chi connectivity index (χ1) is 39.8. The van der Waals surface area contributed by atoms with Crippen LogP contribution in [-0.4, -0.2) is 236 Å². The van der Waals surface area contributed by atoms with Gasteiger partial charge in [-0.25, -0.2) is 4.79 Å². The number of carbonyl (C=O) groups is 11. The summed E-state index contributed by atoms with van der Waals surface area (Å²) in [4.78, 5) is 170. The van der Waals surface area contributed by atoms with Crippen LogP contribution in [0, 0.1) is 29.6 Å². The molecule has 4 N–H and O–H groups in total. The minimum atomic E-state index is -1.52. The van der Waals surface area contributed by atoms with Crippen LogP contribution in [0.3, 0.4) is 0 Å². The SMILES string of the molecule is CC[C@H](C)[C@H]1C(=O)NCC(=O)N(C)[C@@H](C(C)C)C(=O)N[C@@H](Cc2ccc(OC)cc2)C(=O)O[C@H](C)C(=O)N2CCCC[C@H]2C(=O)N(C)[C@@H](C(C)C)C(=O)N[C@@H](C(C)C)C(=O)N(C)[C@@H](CC(=O)NCCN(C)C)C(=O)N(C)[C@@H]([C@@H](C)CC)C(=O)N1C. The van der Waals surface area contributed by atoms with Crippen LogP contribution < -0.4 is 26.0 Å². The summed E-state index contributed by atoms with van der Waals surface area (Å²) in [7, 11) is 12.2. The number of esters is 1. The van der Waals surface area contributed by atoms with Crippen LogP contribution in [0.1, 0.15) is 120 Å². The molecule has 2 aliphatic heterocycles. The Morgan fingerprint density at radius 2 is 1.20 bits per heavy atom. The van der Waals surface area contributed by atoms with E-state index in [1.165, 1.54) is 68.9 Å². The number of ether oxygens (including phenoxy) is 2. The minimum Gasteiger partial charge on any atom is -0.497 e. The number of carbonyl (C=O) groups excluding carboxylic acids is 11. The molecule has 2 heterocycles. The maximum Gasteiger partial charge on any atom is 0.329 e. The third kappa shape index (κ3) is 19.1. The highest BCUT2D eigenvalue weighted by molar-refractivity contribution is 6.00. The second-order valence-electron chi connectivity index (χ2n) is 24.4. The highest BCUT2D eigenvalue weighted by atomic mass is 16.5. The van der Waals surface area contributed by atoms with Gasteiger partial charge in [0.2, 0.25) is 53.2 Å². The fraction of sp³-hybridized carbons (Fsp3) is 0.721. The molecule has 2 fully saturated rings. The molecule has 1 aromatic rings. The number of benzene rings is 1. The number of cyclic esters (lactones) is 1. The van der Waals surface area contributed by atoms with Gasteiger partial charge in [-0.1, -0.05) is 94.2 Å². The molecule has 11 atom stereocenters. The average molecular weight is 1200 g/mol. The molecule has 0 radical (unpaired) electrons. The van der Waals surface area contributed by atoms with Crippen molar-refractivity contribution in [2.75, 3.05) is 82.6 Å². The van der Waals surface area contributed by atoms with Gasteiger partial charge in [0, 0.05) is 61.3 Å². The van der Waals surface area contributed by atoms with Gasteiger partial charge in [-0.15, -0.1) is 0 Å². The number of fused-ring (bicyclic) bond motifs is 1. The summed E-state index contributed by atoms with van der Waals surface area (Å²) in [5.41, 5.74) is 0.588. The van der Waals surface area contributed by atoms with E-state index in [0.29, 0.717) is 43.5 Å². The van der Waals surface area contributed by atoms with Crippen molar-refractivity contribution in [1.82, 2.24) is 55.6 Å². The molecule has 0 unspecified atom stereocenters. The van der Waals surface area contributed by atoms with Crippen molar-refractivity contribution in [2.45, 2.75) is 176 Å². The largest absolute Gasteiger partial charge is 0.497 e. The van der Waals surface area contributed by atoms with E-state index in [4.69, 9.17) is 9.47 Å². The van der Waals surface area contributed by atoms with E-state index in [9.17, 15) is 38.4 Å². The number of rotatable bonds is 15. The van der Waals surface area contributed by atoms with Gasteiger partial charge in [-0.3, -0.25) is 47.9 Å². The third-order valence-electron chi connectivity index (χ3n) is 16.7. The Bertz CT molecular complexity index is 2490. The average Bonchev–Trinajstić information content (AvgIpc) is 2.56. The molecule has 1 aromatic carbocycles. The lowest BCUT2D eigenvalue weighted by Crippen LogP contribution is -2.63. The normalized spacial score (nSPS) is 25.9. The maximum atomic E-state index is 15.2. The molecule has 0 spiro atoms. The Hall–Kier alpha value is -6.85. The van der Waals surface area contributed by atoms with Crippen molar-refractivity contribution >= 4 is 65.0 Å². The van der Waals surface area contributed by atoms with Gasteiger partial charge in [0.15, 0.2) is 6.10 Å². The molecule has 478 valence electrons. The van der Waals surface area contributed by atoms with Crippen molar-refractivity contribution in [1.29, 1.82) is 0 Å². The molecule has 0 aliphatic carbocycles. The molecule has 2 aliphatic rings. The Labute approximate surface area is 504 Å². The number of methoxy groups -OCH3 is 1. The van der Waals surface area contributed by atoms with Crippen LogP contribution in [-0.2, 0) is 63.9 Å². The zero-order valence-electron chi connectivity index (χ0n) is 54.1. The molecule has 0 bridgehead atoms. The van der Waals surface area contributed by atoms with E-state index >= 15 is 14.4 Å². The lowest BCUT2D eigenvalue weighted by molar-refractivity contribution is -0.165. The summed E-state index contributed by atoms with van der Waals surface area (Å²) in [6.07, 6.45) is -0.0340. The highest BCUT2D eigenvalue weighted by Crippen LogP contribution is 2.27. The zero-order valence-corrected chi connectivity index (χ0v) is 54.1. The predicted molar refractivity (Wildman–Crippen MR) is 321 cm³/mol. The van der Waals surface area contributed by atoms with Crippen molar-refractivity contribution in [3.05, 3.63) is 29.8 Å². The fourth-order valence-electron chi connectivity index (χ4n) is 11.2. The molecule has 2 saturated heterocycles. The molecular formula is C61H101N11O13. The van der Waals surface area contributed by atoms with Crippen molar-refractivity contribution in [2.24, 2.45) is 29.6 Å². The third-order valence-corrected chi connectivity index (χ3v) is 16.7. The first-order valence-corrected chi connectivity index (χ1v) is 30.0. The number of hydrogen-bond donors (Lipinski definition) is 4. The number of nitrogens with zero attached hydrogens (tertiary/aromatic N) is 7. The Kier molecular flexibility index (Phi) is 28.2. The lowest BCUT2D eigenvalue weighted by atomic mass is 9.92. The van der Waals surface area contributed by atoms with Gasteiger partial charge in [0.25, 0.3) is 5.91 Å². The number of nitrogens with one attached hydrogen (secondary N) is 4. The van der Waals surface area contributed by atoms with Gasteiger partial charge in [-0.2, -0.15) is 0 Å². The smallest absolute Gasteiger partial charge is 0.329 e. The number of hydrogen-bond acceptors (Lipinski definition) is 14. The van der Waals surface area contributed by atoms with E-state index in [2.05, 4.69) is 21.3 Å². The summed E-state index contributed by atoms with van der Waals surface area (Å²) < 4.78 is 11.2. The van der Waals surface area contributed by atoms with Gasteiger partial charge < -0.3 is 65.0 Å². The molecule has 0 saturated carbocycles. The van der Waals surface area contributed by atoms with Gasteiger partial charge in [-0.05, 0) is 87.6 Å². The van der Waals surface area contributed by atoms with E-state index < -0.39 is 162 Å². The van der Waals surface area contributed by atoms with Crippen LogP contribution in [0.25, 0.3) is 0 Å². The van der Waals surface area contributed by atoms with Crippen LogP contribution in [0.5, 0.6) is 5.75 Å². The summed E-state index contributed by atoms with van der Waals surface area (Å²) in [5.74, 6) is -9.95. The second-order valence-corrected chi connectivity index (χ2v) is 24.4. The molecule has 24 heteroatoms.